The summed E-state index contributed by atoms with van der Waals surface area (Å²) < 4.78 is 12.1. The van der Waals surface area contributed by atoms with E-state index in [9.17, 15) is 19.5 Å². The lowest BCUT2D eigenvalue weighted by molar-refractivity contribution is -0.155. The van der Waals surface area contributed by atoms with Gasteiger partial charge in [-0.25, -0.2) is 0 Å². The van der Waals surface area contributed by atoms with Gasteiger partial charge in [0.25, 0.3) is 5.91 Å². The normalized spacial score (nSPS) is 33.8. The first-order valence-electron chi connectivity index (χ1n) is 12.5. The fraction of sp³-hybridized carbons (Fsp3) is 0.519. The maximum Gasteiger partial charge on any atom is 0.312 e. The quantitative estimate of drug-likeness (QED) is 0.490. The largest absolute Gasteiger partial charge is 0.465 e. The van der Waals surface area contributed by atoms with Crippen LogP contribution in [0.5, 0.6) is 0 Å². The van der Waals surface area contributed by atoms with Gasteiger partial charge in [0.05, 0.1) is 42.0 Å². The molecular weight excluding hydrogens is 484 g/mol. The molecule has 1 aromatic rings. The summed E-state index contributed by atoms with van der Waals surface area (Å²) in [6, 6.07) is 5.31. The third kappa shape index (κ3) is 3.78. The lowest BCUT2D eigenvalue weighted by Gasteiger charge is -2.40. The van der Waals surface area contributed by atoms with Gasteiger partial charge in [0.15, 0.2) is 0 Å². The number of halogens is 1. The monoisotopic (exact) mass is 514 g/mol. The molecule has 1 aromatic carbocycles. The Morgan fingerprint density at radius 3 is 2.67 bits per heavy atom. The van der Waals surface area contributed by atoms with E-state index in [0.29, 0.717) is 17.1 Å². The Morgan fingerprint density at radius 1 is 1.17 bits per heavy atom. The molecule has 2 fully saturated rings. The molecule has 4 aliphatic rings. The van der Waals surface area contributed by atoms with Crippen LogP contribution in [0.25, 0.3) is 0 Å². The van der Waals surface area contributed by atoms with Crippen LogP contribution in [0.3, 0.4) is 0 Å². The average molecular weight is 515 g/mol. The van der Waals surface area contributed by atoms with Crippen molar-refractivity contribution in [3.63, 3.8) is 0 Å². The number of fused-ring (bicyclic) bond motifs is 2. The molecular formula is C27H31ClN2O6. The van der Waals surface area contributed by atoms with Crippen LogP contribution < -0.4 is 4.90 Å². The van der Waals surface area contributed by atoms with Crippen LogP contribution >= 0.6 is 11.6 Å². The first-order valence-corrected chi connectivity index (χ1v) is 12.9. The lowest BCUT2D eigenvalue weighted by atomic mass is 9.78. The van der Waals surface area contributed by atoms with Gasteiger partial charge < -0.3 is 24.4 Å². The number of hydrogen-bond donors (Lipinski definition) is 1. The molecule has 2 amide bonds. The van der Waals surface area contributed by atoms with Crippen LogP contribution in [-0.2, 0) is 23.9 Å². The van der Waals surface area contributed by atoms with Gasteiger partial charge in [-0.2, -0.15) is 0 Å². The molecule has 0 aromatic heterocycles. The maximum absolute atomic E-state index is 14.3. The Bertz CT molecular complexity index is 1120. The van der Waals surface area contributed by atoms with Crippen LogP contribution in [0.1, 0.15) is 26.7 Å². The van der Waals surface area contributed by atoms with Crippen LogP contribution in [0.2, 0.25) is 5.02 Å². The molecule has 4 aliphatic heterocycles. The number of aliphatic hydroxyl groups excluding tert-OH is 1. The Labute approximate surface area is 215 Å². The van der Waals surface area contributed by atoms with Crippen LogP contribution in [0.15, 0.2) is 48.6 Å². The minimum Gasteiger partial charge on any atom is -0.465 e. The second-order valence-corrected chi connectivity index (χ2v) is 10.5. The smallest absolute Gasteiger partial charge is 0.312 e. The number of anilines is 1. The van der Waals surface area contributed by atoms with E-state index < -0.39 is 41.6 Å². The number of allylic oxidation sites excluding steroid dienone is 1. The minimum atomic E-state index is -1.38. The number of rotatable bonds is 4. The maximum atomic E-state index is 14.3. The van der Waals surface area contributed by atoms with E-state index in [2.05, 4.69) is 0 Å². The van der Waals surface area contributed by atoms with Gasteiger partial charge in [-0.3, -0.25) is 14.4 Å². The van der Waals surface area contributed by atoms with E-state index in [1.807, 2.05) is 26.0 Å². The summed E-state index contributed by atoms with van der Waals surface area (Å²) >= 11 is 6.46. The molecule has 36 heavy (non-hydrogen) atoms. The molecule has 0 bridgehead atoms. The van der Waals surface area contributed by atoms with Crippen LogP contribution in [-0.4, -0.2) is 71.3 Å². The topological polar surface area (TPSA) is 96.4 Å². The molecule has 0 aliphatic carbocycles. The van der Waals surface area contributed by atoms with Crippen molar-refractivity contribution in [3.05, 3.63) is 53.6 Å². The third-order valence-corrected chi connectivity index (χ3v) is 8.07. The second-order valence-electron chi connectivity index (χ2n) is 10.1. The zero-order chi connectivity index (χ0) is 25.6. The van der Waals surface area contributed by atoms with Gasteiger partial charge in [-0.15, -0.1) is 0 Å². The number of para-hydroxylation sites is 1. The number of likely N-dealkylation sites (tertiary alicyclic amines) is 1. The molecule has 1 unspecified atom stereocenters. The highest BCUT2D eigenvalue weighted by molar-refractivity contribution is 6.34. The SMILES string of the molecule is CC(C)[C@H](CO)N1C(=O)[C@@H]2[C@H]3C(=O)OCCC/C=C\[C@H]3O[C@@]23C=CCN(c2ccccc2Cl)C(=O)C13. The van der Waals surface area contributed by atoms with Crippen molar-refractivity contribution >= 4 is 35.1 Å². The summed E-state index contributed by atoms with van der Waals surface area (Å²) in [6.45, 7) is 3.93. The van der Waals surface area contributed by atoms with Crippen molar-refractivity contribution in [2.45, 2.75) is 50.5 Å². The van der Waals surface area contributed by atoms with Crippen molar-refractivity contribution in [2.75, 3.05) is 24.7 Å². The predicted molar refractivity (Wildman–Crippen MR) is 133 cm³/mol. The van der Waals surface area contributed by atoms with Gasteiger partial charge in [-0.05, 0) is 30.9 Å². The summed E-state index contributed by atoms with van der Waals surface area (Å²) in [5.74, 6) is -3.25. The Balaban J connectivity index is 1.67. The Hall–Kier alpha value is -2.68. The lowest BCUT2D eigenvalue weighted by Crippen LogP contribution is -2.59. The standard InChI is InChI=1S/C27H31ClN2O6/c1-16(2)19(15-31)30-23-25(33)29(18-10-6-5-9-17(18)28)13-8-12-27(23)22(24(30)32)21-20(36-27)11-4-3-7-14-35-26(21)34/h4-6,8-12,16,19-23,31H,3,7,13-15H2,1-2H3/b11-4-/t19-,20+,21-,22-,23?,27-/m0/s1. The van der Waals surface area contributed by atoms with Crippen LogP contribution in [0, 0.1) is 17.8 Å². The van der Waals surface area contributed by atoms with Crippen molar-refractivity contribution in [2.24, 2.45) is 17.8 Å². The van der Waals surface area contributed by atoms with Crippen molar-refractivity contribution in [1.29, 1.82) is 0 Å². The number of nitrogens with zero attached hydrogens (tertiary/aromatic N) is 2. The predicted octanol–water partition coefficient (Wildman–Crippen LogP) is 2.73. The first kappa shape index (κ1) is 25.0. The third-order valence-electron chi connectivity index (χ3n) is 7.75. The number of esters is 1. The molecule has 1 N–H and O–H groups in total. The van der Waals surface area contributed by atoms with E-state index in [1.54, 1.807) is 41.3 Å². The van der Waals surface area contributed by atoms with E-state index in [1.165, 1.54) is 4.90 Å². The number of aliphatic hydroxyl groups is 1. The molecule has 4 heterocycles. The average Bonchev–Trinajstić information content (AvgIpc) is 3.25. The number of amides is 2. The van der Waals surface area contributed by atoms with E-state index in [0.717, 1.165) is 6.42 Å². The van der Waals surface area contributed by atoms with Gasteiger partial charge >= 0.3 is 5.97 Å². The molecule has 8 nitrogen and oxygen atoms in total. The number of cyclic esters (lactones) is 1. The Morgan fingerprint density at radius 2 is 1.94 bits per heavy atom. The van der Waals surface area contributed by atoms with Crippen LogP contribution in [0.4, 0.5) is 5.69 Å². The van der Waals surface area contributed by atoms with Crippen molar-refractivity contribution in [1.82, 2.24) is 4.90 Å². The molecule has 0 radical (unpaired) electrons. The molecule has 5 rings (SSSR count). The summed E-state index contributed by atoms with van der Waals surface area (Å²) in [7, 11) is 0. The number of benzene rings is 1. The number of carbonyl (C=O) groups is 3. The highest BCUT2D eigenvalue weighted by Crippen LogP contribution is 2.54. The molecule has 0 saturated carbocycles. The summed E-state index contributed by atoms with van der Waals surface area (Å²) in [5, 5.41) is 10.7. The zero-order valence-corrected chi connectivity index (χ0v) is 21.1. The molecule has 192 valence electrons. The molecule has 9 heteroatoms. The van der Waals surface area contributed by atoms with Gasteiger partial charge in [0.1, 0.15) is 17.6 Å². The summed E-state index contributed by atoms with van der Waals surface area (Å²) in [4.78, 5) is 44.8. The van der Waals surface area contributed by atoms with E-state index >= 15 is 0 Å². The summed E-state index contributed by atoms with van der Waals surface area (Å²) in [5.41, 5.74) is -0.865. The molecule has 2 saturated heterocycles. The van der Waals surface area contributed by atoms with Gasteiger partial charge in [-0.1, -0.05) is 61.9 Å². The fourth-order valence-electron chi connectivity index (χ4n) is 6.06. The fourth-order valence-corrected chi connectivity index (χ4v) is 6.29. The highest BCUT2D eigenvalue weighted by Gasteiger charge is 2.72. The number of ether oxygens (including phenoxy) is 2. The van der Waals surface area contributed by atoms with Crippen molar-refractivity contribution in [3.8, 4) is 0 Å². The highest BCUT2D eigenvalue weighted by atomic mass is 35.5. The van der Waals surface area contributed by atoms with Gasteiger partial charge in [0, 0.05) is 6.54 Å². The molecule has 6 atom stereocenters. The van der Waals surface area contributed by atoms with Crippen molar-refractivity contribution < 1.29 is 29.0 Å². The summed E-state index contributed by atoms with van der Waals surface area (Å²) in [6.07, 6.45) is 8.03. The van der Waals surface area contributed by atoms with Gasteiger partial charge in [0.2, 0.25) is 5.91 Å². The first-order chi connectivity index (χ1) is 17.3. The van der Waals surface area contributed by atoms with E-state index in [4.69, 9.17) is 21.1 Å². The minimum absolute atomic E-state index is 0.146. The molecule has 1 spiro atoms. The number of carbonyl (C=O) groups excluding carboxylic acids is 3. The zero-order valence-electron chi connectivity index (χ0n) is 20.4. The second kappa shape index (κ2) is 9.65. The Kier molecular flexibility index (Phi) is 6.70. The number of hydrogen-bond acceptors (Lipinski definition) is 6. The van der Waals surface area contributed by atoms with E-state index in [-0.39, 0.29) is 37.5 Å².